The lowest BCUT2D eigenvalue weighted by molar-refractivity contribution is 1.53. The molecule has 0 atom stereocenters. The van der Waals surface area contributed by atoms with Crippen molar-refractivity contribution in [3.63, 3.8) is 0 Å². The molecule has 0 saturated carbocycles. The number of benzene rings is 4. The molecule has 0 aromatic heterocycles. The Morgan fingerprint density at radius 2 is 1.27 bits per heavy atom. The molecular formula is C21H15N. The van der Waals surface area contributed by atoms with Crippen LogP contribution in [-0.2, 0) is 0 Å². The zero-order chi connectivity index (χ0) is 14.8. The third-order valence-corrected chi connectivity index (χ3v) is 3.89. The van der Waals surface area contributed by atoms with Crippen LogP contribution >= 0.6 is 0 Å². The lowest BCUT2D eigenvalue weighted by Gasteiger charge is -2.05. The molecule has 1 nitrogen and oxygen atoms in total. The largest absolute Gasteiger partial charge is 0.256 e. The van der Waals surface area contributed by atoms with E-state index >= 15 is 0 Å². The molecule has 0 unspecified atom stereocenters. The molecule has 22 heavy (non-hydrogen) atoms. The van der Waals surface area contributed by atoms with E-state index in [1.807, 2.05) is 36.5 Å². The van der Waals surface area contributed by atoms with Crippen molar-refractivity contribution in [3.8, 4) is 0 Å². The number of hydrogen-bond donors (Lipinski definition) is 0. The molecular weight excluding hydrogens is 266 g/mol. The predicted molar refractivity (Wildman–Crippen MR) is 95.2 cm³/mol. The van der Waals surface area contributed by atoms with Crippen LogP contribution in [0.5, 0.6) is 0 Å². The summed E-state index contributed by atoms with van der Waals surface area (Å²) in [6.45, 7) is 0. The average Bonchev–Trinajstić information content (AvgIpc) is 2.59. The first-order chi connectivity index (χ1) is 10.9. The first-order valence-electron chi connectivity index (χ1n) is 7.41. The van der Waals surface area contributed by atoms with E-state index in [2.05, 4.69) is 59.6 Å². The summed E-state index contributed by atoms with van der Waals surface area (Å²) in [4.78, 5) is 4.58. The maximum atomic E-state index is 4.58. The summed E-state index contributed by atoms with van der Waals surface area (Å²) in [5.74, 6) is 0. The van der Waals surface area contributed by atoms with E-state index in [1.54, 1.807) is 0 Å². The topological polar surface area (TPSA) is 12.4 Å². The van der Waals surface area contributed by atoms with Gasteiger partial charge in [-0.25, -0.2) is 0 Å². The Balaban J connectivity index is 1.87. The molecule has 4 aromatic carbocycles. The van der Waals surface area contributed by atoms with Crippen LogP contribution in [0.25, 0.3) is 21.5 Å². The first-order valence-corrected chi connectivity index (χ1v) is 7.41. The normalized spacial score (nSPS) is 11.5. The monoisotopic (exact) mass is 281 g/mol. The van der Waals surface area contributed by atoms with Gasteiger partial charge in [0, 0.05) is 11.8 Å². The van der Waals surface area contributed by atoms with Gasteiger partial charge < -0.3 is 0 Å². The van der Waals surface area contributed by atoms with Crippen LogP contribution in [-0.4, -0.2) is 6.21 Å². The summed E-state index contributed by atoms with van der Waals surface area (Å²) >= 11 is 0. The molecule has 0 aliphatic heterocycles. The Morgan fingerprint density at radius 1 is 0.591 bits per heavy atom. The highest BCUT2D eigenvalue weighted by Crippen LogP contribution is 2.25. The number of hydrogen-bond acceptors (Lipinski definition) is 1. The van der Waals surface area contributed by atoms with Crippen LogP contribution in [0.15, 0.2) is 89.9 Å². The summed E-state index contributed by atoms with van der Waals surface area (Å²) in [5.41, 5.74) is 2.12. The minimum absolute atomic E-state index is 0.972. The van der Waals surface area contributed by atoms with Crippen molar-refractivity contribution >= 4 is 33.4 Å². The van der Waals surface area contributed by atoms with Crippen molar-refractivity contribution in [1.29, 1.82) is 0 Å². The molecule has 0 amide bonds. The third-order valence-electron chi connectivity index (χ3n) is 3.89. The Labute approximate surface area is 129 Å². The molecule has 4 rings (SSSR count). The minimum atomic E-state index is 0.972. The quantitative estimate of drug-likeness (QED) is 0.328. The Morgan fingerprint density at radius 3 is 2.09 bits per heavy atom. The Kier molecular flexibility index (Phi) is 3.17. The number of aliphatic imine (C=N–C) groups is 1. The highest BCUT2D eigenvalue weighted by Gasteiger charge is 2.01. The zero-order valence-corrected chi connectivity index (χ0v) is 12.1. The Bertz CT molecular complexity index is 969. The molecule has 0 aliphatic rings. The SMILES string of the molecule is C(=Nc1ccccc1)c1cccc2cc3ccccc3cc12. The molecule has 4 aromatic rings. The molecule has 0 saturated heterocycles. The molecule has 104 valence electrons. The highest BCUT2D eigenvalue weighted by atomic mass is 14.7. The molecule has 0 radical (unpaired) electrons. The molecule has 0 fully saturated rings. The molecule has 0 spiro atoms. The van der Waals surface area contributed by atoms with E-state index in [-0.39, 0.29) is 0 Å². The van der Waals surface area contributed by atoms with E-state index in [0.717, 1.165) is 11.3 Å². The number of nitrogens with zero attached hydrogens (tertiary/aromatic N) is 1. The van der Waals surface area contributed by atoms with Crippen LogP contribution in [0.2, 0.25) is 0 Å². The van der Waals surface area contributed by atoms with Crippen LogP contribution in [0.3, 0.4) is 0 Å². The predicted octanol–water partition coefficient (Wildman–Crippen LogP) is 5.74. The van der Waals surface area contributed by atoms with Crippen LogP contribution in [0, 0.1) is 0 Å². The summed E-state index contributed by atoms with van der Waals surface area (Å²) in [5, 5.41) is 5.01. The minimum Gasteiger partial charge on any atom is -0.256 e. The van der Waals surface area contributed by atoms with Crippen molar-refractivity contribution in [3.05, 3.63) is 90.5 Å². The maximum absolute atomic E-state index is 4.58. The standard InChI is InChI=1S/C21H15N/c1-2-11-20(12-3-1)22-15-19-10-6-9-18-13-16-7-4-5-8-17(16)14-21(18)19/h1-15H. The van der Waals surface area contributed by atoms with Crippen molar-refractivity contribution in [2.24, 2.45) is 4.99 Å². The molecule has 0 heterocycles. The summed E-state index contributed by atoms with van der Waals surface area (Å²) in [6.07, 6.45) is 1.95. The van der Waals surface area contributed by atoms with Gasteiger partial charge in [0.25, 0.3) is 0 Å². The van der Waals surface area contributed by atoms with Gasteiger partial charge in [-0.15, -0.1) is 0 Å². The van der Waals surface area contributed by atoms with Gasteiger partial charge in [0.05, 0.1) is 5.69 Å². The van der Waals surface area contributed by atoms with Crippen molar-refractivity contribution < 1.29 is 0 Å². The van der Waals surface area contributed by atoms with Gasteiger partial charge >= 0.3 is 0 Å². The highest BCUT2D eigenvalue weighted by molar-refractivity contribution is 6.06. The van der Waals surface area contributed by atoms with Crippen LogP contribution < -0.4 is 0 Å². The van der Waals surface area contributed by atoms with Crippen LogP contribution in [0.1, 0.15) is 5.56 Å². The molecule has 1 heteroatoms. The van der Waals surface area contributed by atoms with E-state index in [9.17, 15) is 0 Å². The second-order valence-corrected chi connectivity index (χ2v) is 5.36. The maximum Gasteiger partial charge on any atom is 0.0629 e. The summed E-state index contributed by atoms with van der Waals surface area (Å²) in [6, 6.07) is 29.3. The van der Waals surface area contributed by atoms with Gasteiger partial charge in [-0.2, -0.15) is 0 Å². The van der Waals surface area contributed by atoms with E-state index in [0.29, 0.717) is 0 Å². The zero-order valence-electron chi connectivity index (χ0n) is 12.1. The fourth-order valence-corrected chi connectivity index (χ4v) is 2.76. The van der Waals surface area contributed by atoms with Gasteiger partial charge in [-0.1, -0.05) is 60.7 Å². The number of rotatable bonds is 2. The van der Waals surface area contributed by atoms with Gasteiger partial charge in [0.15, 0.2) is 0 Å². The second-order valence-electron chi connectivity index (χ2n) is 5.36. The molecule has 0 N–H and O–H groups in total. The van der Waals surface area contributed by atoms with Crippen molar-refractivity contribution in [1.82, 2.24) is 0 Å². The van der Waals surface area contributed by atoms with Crippen molar-refractivity contribution in [2.75, 3.05) is 0 Å². The number of fused-ring (bicyclic) bond motifs is 2. The molecule has 0 bridgehead atoms. The lowest BCUT2D eigenvalue weighted by Crippen LogP contribution is -1.85. The lowest BCUT2D eigenvalue weighted by atomic mass is 10.0. The van der Waals surface area contributed by atoms with Gasteiger partial charge in [-0.3, -0.25) is 4.99 Å². The number of para-hydroxylation sites is 1. The second kappa shape index (κ2) is 5.45. The van der Waals surface area contributed by atoms with E-state index in [1.165, 1.54) is 21.5 Å². The fourth-order valence-electron chi connectivity index (χ4n) is 2.76. The van der Waals surface area contributed by atoms with Gasteiger partial charge in [-0.05, 0) is 45.8 Å². The van der Waals surface area contributed by atoms with Gasteiger partial charge in [0.1, 0.15) is 0 Å². The fraction of sp³-hybridized carbons (Fsp3) is 0. The Hall–Kier alpha value is -2.93. The van der Waals surface area contributed by atoms with E-state index in [4.69, 9.17) is 0 Å². The van der Waals surface area contributed by atoms with Crippen LogP contribution in [0.4, 0.5) is 5.69 Å². The average molecular weight is 281 g/mol. The molecule has 0 aliphatic carbocycles. The van der Waals surface area contributed by atoms with Gasteiger partial charge in [0.2, 0.25) is 0 Å². The third kappa shape index (κ3) is 2.38. The summed E-state index contributed by atoms with van der Waals surface area (Å²) < 4.78 is 0. The smallest absolute Gasteiger partial charge is 0.0629 e. The van der Waals surface area contributed by atoms with E-state index < -0.39 is 0 Å². The first kappa shape index (κ1) is 12.8. The summed E-state index contributed by atoms with van der Waals surface area (Å²) in [7, 11) is 0. The van der Waals surface area contributed by atoms with Crippen molar-refractivity contribution in [2.45, 2.75) is 0 Å².